The quantitative estimate of drug-likeness (QED) is 0.00905. The number of anilines is 1. The highest BCUT2D eigenvalue weighted by atomic mass is 36.0. The smallest absolute Gasteiger partial charge is 0.375 e. The van der Waals surface area contributed by atoms with E-state index in [0.29, 0.717) is 17.1 Å². The van der Waals surface area contributed by atoms with Gasteiger partial charge in [-0.05, 0) is 107 Å². The number of hydrogen-bond acceptors (Lipinski definition) is 25. The second kappa shape index (κ2) is 38.5. The molecule has 7 rings (SSSR count). The maximum atomic E-state index is 11.8. The highest BCUT2D eigenvalue weighted by Crippen LogP contribution is 2.61. The number of aryl methyl sites for hydroxylation is 3. The van der Waals surface area contributed by atoms with Crippen molar-refractivity contribution in [1.29, 1.82) is 0 Å². The number of nitrogen functional groups attached to an aromatic ring is 1. The van der Waals surface area contributed by atoms with Gasteiger partial charge in [0.25, 0.3) is 28.6 Å². The van der Waals surface area contributed by atoms with E-state index in [0.717, 1.165) is 6.92 Å². The van der Waals surface area contributed by atoms with Crippen LogP contribution in [-0.2, 0) is 42.7 Å². The Kier molecular flexibility index (Phi) is 34.2. The number of hydrazine groups is 1. The number of nitrogens with zero attached hydrogens (tertiary/aromatic N) is 11. The highest BCUT2D eigenvalue weighted by Gasteiger charge is 2.20. The zero-order valence-corrected chi connectivity index (χ0v) is 53.6. The normalized spacial score (nSPS) is 10.0. The van der Waals surface area contributed by atoms with E-state index < -0.39 is 57.5 Å². The van der Waals surface area contributed by atoms with E-state index in [1.54, 1.807) is 66.7 Å². The lowest BCUT2D eigenvalue weighted by Crippen LogP contribution is -2.19. The first kappa shape index (κ1) is 77.4. The molecule has 0 radical (unpaired) electrons. The monoisotopic (exact) mass is 1390 g/mol. The van der Waals surface area contributed by atoms with E-state index >= 15 is 0 Å². The van der Waals surface area contributed by atoms with E-state index in [2.05, 4.69) is 99.1 Å². The minimum Gasteiger partial charge on any atom is -0.481 e. The van der Waals surface area contributed by atoms with Crippen LogP contribution in [0, 0.1) is 20.8 Å². The van der Waals surface area contributed by atoms with Gasteiger partial charge in [-0.2, -0.15) is 25.0 Å². The van der Waals surface area contributed by atoms with Gasteiger partial charge in [-0.1, -0.05) is 58.0 Å². The summed E-state index contributed by atoms with van der Waals surface area (Å²) in [6, 6.07) is 4.68. The third-order valence-corrected chi connectivity index (χ3v) is 10.1. The van der Waals surface area contributed by atoms with Crippen molar-refractivity contribution in [2.75, 3.05) is 31.9 Å². The van der Waals surface area contributed by atoms with Crippen LogP contribution >= 0.6 is 96.9 Å². The summed E-state index contributed by atoms with van der Waals surface area (Å²) in [7, 11) is 0. The van der Waals surface area contributed by atoms with Gasteiger partial charge in [0.2, 0.25) is 23.6 Å². The summed E-state index contributed by atoms with van der Waals surface area (Å²) >= 11 is 42.0. The number of Topliss-reactive ketones (excluding diaryl/α,β-unsaturated/α-hetero) is 2. The molecule has 472 valence electrons. The summed E-state index contributed by atoms with van der Waals surface area (Å²) in [5, 5.41) is 16.8. The number of H-pyrrole nitrogens is 3. The number of hydrogen-bond donors (Lipinski definition) is 6. The topological polar surface area (TPSA) is 448 Å². The number of nitrogens with one attached hydrogen (secondary N) is 4. The van der Waals surface area contributed by atoms with Gasteiger partial charge in [0, 0.05) is 18.3 Å². The van der Waals surface area contributed by atoms with Gasteiger partial charge in [0.05, 0.1) is 68.4 Å². The summed E-state index contributed by atoms with van der Waals surface area (Å²) in [4.78, 5) is 136. The molecule has 0 bridgehead atoms. The molecule has 87 heavy (non-hydrogen) atoms. The second-order valence-corrected chi connectivity index (χ2v) is 24.1. The number of carboxylic acid groups (broad SMARTS) is 1. The maximum Gasteiger partial charge on any atom is 0.375 e. The Bertz CT molecular complexity index is 3740. The number of aromatic nitrogens is 14. The lowest BCUT2D eigenvalue weighted by atomic mass is 10.2. The van der Waals surface area contributed by atoms with Crippen molar-refractivity contribution in [3.8, 4) is 17.8 Å². The first-order valence-corrected chi connectivity index (χ1v) is 30.1. The number of nitrogens with two attached hydrogens (primary N) is 1. The Labute approximate surface area is 530 Å². The fourth-order valence-electron chi connectivity index (χ4n) is 5.34. The Hall–Kier alpha value is -7.65. The SMILES string of the molecule is CC(=O)O.CCOC(=O)C(=O)CC(C)=O.CCOC(=O)c1cc(C)n(-c2ncc(Cl)c(=O)[nH]2)n1.CCOC(=O)c1cc(C)n(-c2ncc(Cl)c(Cl)n2)n1.CCOC(=O)c1cc(C)nn1-c1ncc(Cl)c(=O)[nH]1.NNc1ncc(Cl)c(=O)[nH]1.O=P(Cl)(Cl)Cl. The van der Waals surface area contributed by atoms with Crippen LogP contribution in [0.5, 0.6) is 0 Å². The zero-order valence-electron chi connectivity index (χ0n) is 46.6. The van der Waals surface area contributed by atoms with Crippen molar-refractivity contribution in [3.05, 3.63) is 133 Å². The summed E-state index contributed by atoms with van der Waals surface area (Å²) < 4.78 is 32.5. The molecule has 0 aliphatic carbocycles. The summed E-state index contributed by atoms with van der Waals surface area (Å²) in [6.07, 6.45) is 4.65. The van der Waals surface area contributed by atoms with E-state index in [1.165, 1.54) is 45.8 Å². The number of aromatic amines is 3. The van der Waals surface area contributed by atoms with Crippen LogP contribution in [0.1, 0.15) is 96.5 Å². The van der Waals surface area contributed by atoms with Crippen LogP contribution in [-0.4, -0.2) is 142 Å². The van der Waals surface area contributed by atoms with Crippen LogP contribution < -0.4 is 27.9 Å². The molecule has 41 heteroatoms. The number of carbonyl (C=O) groups is 7. The molecule has 0 saturated carbocycles. The van der Waals surface area contributed by atoms with E-state index in [4.69, 9.17) is 88.0 Å². The molecule has 0 spiro atoms. The van der Waals surface area contributed by atoms with E-state index in [-0.39, 0.29) is 105 Å². The molecule has 7 aromatic heterocycles. The number of ether oxygens (including phenoxy) is 4. The minimum atomic E-state index is -3.22. The molecular weight excluding hydrogens is 1350 g/mol. The maximum absolute atomic E-state index is 11.8. The van der Waals surface area contributed by atoms with Gasteiger partial charge in [-0.25, -0.2) is 54.3 Å². The number of halogens is 8. The molecular formula is C46H51Cl8N16O16P. The zero-order chi connectivity index (χ0) is 66.5. The first-order valence-electron chi connectivity index (χ1n) is 23.8. The third-order valence-electron chi connectivity index (χ3n) is 8.63. The minimum absolute atomic E-state index is 0.0147. The largest absolute Gasteiger partial charge is 0.481 e. The Morgan fingerprint density at radius 2 is 1.00 bits per heavy atom. The Balaban J connectivity index is 0.000000534. The van der Waals surface area contributed by atoms with Crippen molar-refractivity contribution in [2.45, 2.75) is 68.7 Å². The van der Waals surface area contributed by atoms with Crippen LogP contribution in [0.25, 0.3) is 17.8 Å². The Morgan fingerprint density at radius 3 is 1.41 bits per heavy atom. The van der Waals surface area contributed by atoms with Crippen LogP contribution in [0.3, 0.4) is 0 Å². The number of carboxylic acids is 1. The fourth-order valence-corrected chi connectivity index (χ4v) is 5.85. The lowest BCUT2D eigenvalue weighted by molar-refractivity contribution is -0.154. The van der Waals surface area contributed by atoms with Gasteiger partial charge >= 0.3 is 29.1 Å². The molecule has 7 N–H and O–H groups in total. The number of esters is 4. The molecule has 7 aromatic rings. The van der Waals surface area contributed by atoms with Crippen molar-refractivity contribution in [2.24, 2.45) is 5.84 Å². The summed E-state index contributed by atoms with van der Waals surface area (Å²) in [6.45, 7) is 15.2. The van der Waals surface area contributed by atoms with E-state index in [9.17, 15) is 47.7 Å². The van der Waals surface area contributed by atoms with Crippen LogP contribution in [0.15, 0.2) is 57.4 Å². The van der Waals surface area contributed by atoms with Crippen molar-refractivity contribution < 1.29 is 62.2 Å². The highest BCUT2D eigenvalue weighted by molar-refractivity contribution is 8.24. The molecule has 0 unspecified atom stereocenters. The standard InChI is InChI=1S/C11H10Cl2N4O2.2C11H11ClN4O3.C7H10O4.C4H5ClN4O.C2H4O2.Cl3OP/c1-3-19-10(18)8-4-6(2)17(16-8)11-14-5-7(12)9(13)15-11;1-3-19-10(18)8-4-6(2)16(15-8)11-13-5-7(12)9(17)14-11;1-3-19-10(18)8-4-6(2)15-16(8)11-13-5-7(12)9(17)14-11;1-3-11-7(10)6(9)4-5(2)8;5-2-1-7-4(9-6)8-3(2)10;1-2(3)4;1-5(2,3)4/h4-5H,3H2,1-2H3;2*4-5H,3H2,1-2H3,(H,13,14,17);3-4H2,1-2H3;1H,6H2,(H2,7,8,9,10);1H3,(H,3,4);. The van der Waals surface area contributed by atoms with Gasteiger partial charge in [-0.15, -0.1) is 0 Å². The predicted octanol–water partition coefficient (Wildman–Crippen LogP) is 7.35. The molecule has 32 nitrogen and oxygen atoms in total. The second-order valence-electron chi connectivity index (χ2n) is 15.5. The molecule has 0 amide bonds. The van der Waals surface area contributed by atoms with E-state index in [1.807, 2.05) is 0 Å². The predicted molar refractivity (Wildman–Crippen MR) is 318 cm³/mol. The fraction of sp³-hybridized carbons (Fsp3) is 0.304. The number of carbonyl (C=O) groups excluding carboxylic acids is 6. The molecule has 0 fully saturated rings. The van der Waals surface area contributed by atoms with Crippen molar-refractivity contribution in [1.82, 2.24) is 69.2 Å². The molecule has 0 aromatic carbocycles. The van der Waals surface area contributed by atoms with Crippen molar-refractivity contribution >= 4 is 144 Å². The summed E-state index contributed by atoms with van der Waals surface area (Å²) in [5.74, 6) is 1.22. The third kappa shape index (κ3) is 28.6. The Morgan fingerprint density at radius 1 is 0.598 bits per heavy atom. The number of aliphatic carboxylic acids is 1. The number of rotatable bonds is 14. The van der Waals surface area contributed by atoms with Crippen molar-refractivity contribution in [3.63, 3.8) is 0 Å². The lowest BCUT2D eigenvalue weighted by Gasteiger charge is -2.05. The van der Waals surface area contributed by atoms with Gasteiger partial charge in [-0.3, -0.25) is 53.7 Å². The van der Waals surface area contributed by atoms with Gasteiger partial charge in [0.1, 0.15) is 20.9 Å². The summed E-state index contributed by atoms with van der Waals surface area (Å²) in [5.41, 5.74) is 3.22. The first-order chi connectivity index (χ1) is 40.6. The van der Waals surface area contributed by atoms with Gasteiger partial charge in [0.15, 0.2) is 22.2 Å². The molecule has 0 saturated heterocycles. The molecule has 7 heterocycles. The van der Waals surface area contributed by atoms with Crippen LogP contribution in [0.4, 0.5) is 5.95 Å². The van der Waals surface area contributed by atoms with Crippen LogP contribution in [0.2, 0.25) is 25.2 Å². The average molecular weight is 1400 g/mol. The molecule has 0 aliphatic rings. The van der Waals surface area contributed by atoms with Gasteiger partial charge < -0.3 is 24.1 Å². The molecule has 0 atom stereocenters. The average Bonchev–Trinajstić information content (AvgIpc) is 2.67. The number of ketones is 2. The molecule has 0 aliphatic heterocycles.